The van der Waals surface area contributed by atoms with Gasteiger partial charge in [0.05, 0.1) is 0 Å². The minimum Gasteiger partial charge on any atom is -0.475 e. The second kappa shape index (κ2) is 5.48. The Kier molecular flexibility index (Phi) is 4.24. The monoisotopic (exact) mass is 256 g/mol. The number of nitrogens with zero attached hydrogens (tertiary/aromatic N) is 2. The van der Waals surface area contributed by atoms with Crippen LogP contribution in [-0.2, 0) is 11.2 Å². The first-order chi connectivity index (χ1) is 8.28. The van der Waals surface area contributed by atoms with Crippen molar-refractivity contribution in [2.75, 3.05) is 6.54 Å². The Bertz CT molecular complexity index is 435. The van der Waals surface area contributed by atoms with Crippen molar-refractivity contribution in [2.24, 2.45) is 0 Å². The lowest BCUT2D eigenvalue weighted by atomic mass is 10.2. The first-order valence-corrected chi connectivity index (χ1v) is 5.39. The minimum atomic E-state index is -1.20. The molecule has 0 saturated heterocycles. The molecule has 1 aromatic rings. The number of amides is 1. The first kappa shape index (κ1) is 13.9. The van der Waals surface area contributed by atoms with Crippen molar-refractivity contribution in [3.05, 3.63) is 11.6 Å². The van der Waals surface area contributed by atoms with Gasteiger partial charge in [-0.05, 0) is 20.8 Å². The number of H-pyrrole nitrogens is 1. The first-order valence-electron chi connectivity index (χ1n) is 5.39. The van der Waals surface area contributed by atoms with E-state index in [9.17, 15) is 9.59 Å². The molecule has 8 nitrogen and oxygen atoms in total. The van der Waals surface area contributed by atoms with Gasteiger partial charge in [-0.3, -0.25) is 5.10 Å². The number of carboxylic acid groups (broad SMARTS) is 1. The smallest absolute Gasteiger partial charge is 0.407 e. The zero-order valence-electron chi connectivity index (χ0n) is 10.5. The SMILES string of the molecule is CC(C)(C)OC(=O)NCCc1nc(C(=O)O)n[nH]1. The lowest BCUT2D eigenvalue weighted by molar-refractivity contribution is 0.0527. The predicted octanol–water partition coefficient (Wildman–Crippen LogP) is 0.570. The van der Waals surface area contributed by atoms with Crippen LogP contribution >= 0.6 is 0 Å². The zero-order chi connectivity index (χ0) is 13.8. The maximum absolute atomic E-state index is 11.3. The molecule has 0 atom stereocenters. The Morgan fingerprint density at radius 3 is 2.61 bits per heavy atom. The van der Waals surface area contributed by atoms with E-state index in [4.69, 9.17) is 9.84 Å². The van der Waals surface area contributed by atoms with Crippen LogP contribution in [-0.4, -0.2) is 44.5 Å². The summed E-state index contributed by atoms with van der Waals surface area (Å²) in [6.45, 7) is 5.58. The molecule has 1 rings (SSSR count). The molecular weight excluding hydrogens is 240 g/mol. The van der Waals surface area contributed by atoms with E-state index in [1.165, 1.54) is 0 Å². The summed E-state index contributed by atoms with van der Waals surface area (Å²) in [5, 5.41) is 17.1. The number of aromatic nitrogens is 3. The highest BCUT2D eigenvalue weighted by atomic mass is 16.6. The molecule has 8 heteroatoms. The third-order valence-electron chi connectivity index (χ3n) is 1.75. The molecule has 0 saturated carbocycles. The Labute approximate surface area is 104 Å². The van der Waals surface area contributed by atoms with E-state index in [0.717, 1.165) is 0 Å². The van der Waals surface area contributed by atoms with Crippen molar-refractivity contribution < 1.29 is 19.4 Å². The van der Waals surface area contributed by atoms with Gasteiger partial charge in [0.25, 0.3) is 5.82 Å². The van der Waals surface area contributed by atoms with Gasteiger partial charge < -0.3 is 15.2 Å². The van der Waals surface area contributed by atoms with E-state index < -0.39 is 17.7 Å². The van der Waals surface area contributed by atoms with E-state index in [1.807, 2.05) is 0 Å². The van der Waals surface area contributed by atoms with Crippen LogP contribution in [0.2, 0.25) is 0 Å². The summed E-state index contributed by atoms with van der Waals surface area (Å²) >= 11 is 0. The number of aromatic amines is 1. The molecule has 0 spiro atoms. The number of alkyl carbamates (subject to hydrolysis) is 1. The van der Waals surface area contributed by atoms with Gasteiger partial charge >= 0.3 is 12.1 Å². The van der Waals surface area contributed by atoms with Crippen molar-refractivity contribution >= 4 is 12.1 Å². The second-order valence-corrected chi connectivity index (χ2v) is 4.59. The highest BCUT2D eigenvalue weighted by molar-refractivity contribution is 5.82. The quantitative estimate of drug-likeness (QED) is 0.725. The summed E-state index contributed by atoms with van der Waals surface area (Å²) in [7, 11) is 0. The number of hydrogen-bond donors (Lipinski definition) is 3. The fourth-order valence-corrected chi connectivity index (χ4v) is 1.10. The second-order valence-electron chi connectivity index (χ2n) is 4.59. The molecule has 0 aliphatic carbocycles. The maximum Gasteiger partial charge on any atom is 0.407 e. The Morgan fingerprint density at radius 2 is 2.11 bits per heavy atom. The Hall–Kier alpha value is -2.12. The number of ether oxygens (including phenoxy) is 1. The van der Waals surface area contributed by atoms with Crippen molar-refractivity contribution in [3.63, 3.8) is 0 Å². The fourth-order valence-electron chi connectivity index (χ4n) is 1.10. The topological polar surface area (TPSA) is 117 Å². The fraction of sp³-hybridized carbons (Fsp3) is 0.600. The molecule has 1 aromatic heterocycles. The van der Waals surface area contributed by atoms with Gasteiger partial charge in [-0.25, -0.2) is 14.6 Å². The standard InChI is InChI=1S/C10H16N4O4/c1-10(2,3)18-9(17)11-5-4-6-12-7(8(15)16)14-13-6/h4-5H2,1-3H3,(H,11,17)(H,15,16)(H,12,13,14). The summed E-state index contributed by atoms with van der Waals surface area (Å²) in [4.78, 5) is 25.5. The Morgan fingerprint density at radius 1 is 1.44 bits per heavy atom. The van der Waals surface area contributed by atoms with Gasteiger partial charge in [-0.1, -0.05) is 0 Å². The largest absolute Gasteiger partial charge is 0.475 e. The molecule has 0 aliphatic rings. The van der Waals surface area contributed by atoms with E-state index in [0.29, 0.717) is 12.2 Å². The highest BCUT2D eigenvalue weighted by Gasteiger charge is 2.16. The molecule has 100 valence electrons. The normalized spacial score (nSPS) is 11.1. The molecule has 1 heterocycles. The number of rotatable bonds is 4. The number of carbonyl (C=O) groups excluding carboxylic acids is 1. The molecular formula is C10H16N4O4. The van der Waals surface area contributed by atoms with Crippen LogP contribution in [0.25, 0.3) is 0 Å². The lowest BCUT2D eigenvalue weighted by Gasteiger charge is -2.19. The molecule has 0 fully saturated rings. The number of carboxylic acids is 1. The summed E-state index contributed by atoms with van der Waals surface area (Å²) in [5.41, 5.74) is -0.549. The number of hydrogen-bond acceptors (Lipinski definition) is 5. The van der Waals surface area contributed by atoms with Gasteiger partial charge in [0.15, 0.2) is 0 Å². The molecule has 18 heavy (non-hydrogen) atoms. The molecule has 0 radical (unpaired) electrons. The summed E-state index contributed by atoms with van der Waals surface area (Å²) < 4.78 is 5.03. The van der Waals surface area contributed by atoms with Gasteiger partial charge in [-0.15, -0.1) is 5.10 Å². The van der Waals surface area contributed by atoms with Crippen molar-refractivity contribution in [2.45, 2.75) is 32.8 Å². The van der Waals surface area contributed by atoms with E-state index in [-0.39, 0.29) is 12.4 Å². The van der Waals surface area contributed by atoms with Crippen LogP contribution in [0.1, 0.15) is 37.2 Å². The third-order valence-corrected chi connectivity index (χ3v) is 1.75. The molecule has 0 aromatic carbocycles. The number of carbonyl (C=O) groups is 2. The third kappa shape index (κ3) is 4.81. The average molecular weight is 256 g/mol. The van der Waals surface area contributed by atoms with Gasteiger partial charge in [0.2, 0.25) is 0 Å². The number of nitrogens with one attached hydrogen (secondary N) is 2. The zero-order valence-corrected chi connectivity index (χ0v) is 10.5. The Balaban J connectivity index is 2.33. The summed E-state index contributed by atoms with van der Waals surface area (Å²) in [6.07, 6.45) is -0.181. The van der Waals surface area contributed by atoms with Crippen molar-refractivity contribution in [3.8, 4) is 0 Å². The molecule has 3 N–H and O–H groups in total. The van der Waals surface area contributed by atoms with E-state index in [1.54, 1.807) is 20.8 Å². The predicted molar refractivity (Wildman–Crippen MR) is 61.3 cm³/mol. The number of aromatic carboxylic acids is 1. The van der Waals surface area contributed by atoms with E-state index >= 15 is 0 Å². The summed E-state index contributed by atoms with van der Waals surface area (Å²) in [5.74, 6) is -1.09. The van der Waals surface area contributed by atoms with Crippen LogP contribution in [0.5, 0.6) is 0 Å². The van der Waals surface area contributed by atoms with Gasteiger partial charge in [-0.2, -0.15) is 0 Å². The molecule has 0 unspecified atom stereocenters. The lowest BCUT2D eigenvalue weighted by Crippen LogP contribution is -2.33. The van der Waals surface area contributed by atoms with Crippen LogP contribution in [0, 0.1) is 0 Å². The van der Waals surface area contributed by atoms with Crippen LogP contribution in [0.15, 0.2) is 0 Å². The van der Waals surface area contributed by atoms with Gasteiger partial charge in [0.1, 0.15) is 11.4 Å². The van der Waals surface area contributed by atoms with Crippen molar-refractivity contribution in [1.82, 2.24) is 20.5 Å². The molecule has 0 bridgehead atoms. The average Bonchev–Trinajstić information content (AvgIpc) is 2.63. The minimum absolute atomic E-state index is 0.281. The highest BCUT2D eigenvalue weighted by Crippen LogP contribution is 2.06. The van der Waals surface area contributed by atoms with Gasteiger partial charge in [0, 0.05) is 13.0 Å². The van der Waals surface area contributed by atoms with Crippen LogP contribution in [0.3, 0.4) is 0 Å². The van der Waals surface area contributed by atoms with Crippen molar-refractivity contribution in [1.29, 1.82) is 0 Å². The maximum atomic E-state index is 11.3. The van der Waals surface area contributed by atoms with E-state index in [2.05, 4.69) is 20.5 Å². The van der Waals surface area contributed by atoms with Crippen LogP contribution in [0.4, 0.5) is 4.79 Å². The summed E-state index contributed by atoms with van der Waals surface area (Å²) in [6, 6.07) is 0. The van der Waals surface area contributed by atoms with Crippen LogP contribution < -0.4 is 5.32 Å². The molecule has 0 aliphatic heterocycles. The molecule has 1 amide bonds.